The minimum atomic E-state index is -0.833. The third-order valence-electron chi connectivity index (χ3n) is 1.19. The topological polar surface area (TPSA) is 37.3 Å². The first-order valence-electron chi connectivity index (χ1n) is 3.10. The number of carboxylic acids is 1. The highest BCUT2D eigenvalue weighted by Crippen LogP contribution is 2.36. The number of benzene rings is 1. The van der Waals surface area contributed by atoms with E-state index < -0.39 is 5.97 Å². The maximum absolute atomic E-state index is 12.1. The Morgan fingerprint density at radius 2 is 2.09 bits per heavy atom. The first kappa shape index (κ1) is 7.72. The van der Waals surface area contributed by atoms with Gasteiger partial charge in [-0.15, -0.1) is 0 Å². The van der Waals surface area contributed by atoms with Crippen molar-refractivity contribution in [2.24, 2.45) is 0 Å². The van der Waals surface area contributed by atoms with E-state index in [1.54, 1.807) is 6.07 Å². The largest absolute Gasteiger partial charge is 0.481 e. The molecule has 1 N–H and O–H groups in total. The molecule has 2 rings (SSSR count). The molecule has 0 unspecified atom stereocenters. The van der Waals surface area contributed by atoms with Crippen molar-refractivity contribution in [1.82, 2.24) is 0 Å². The fraction of sp³-hybridized carbons (Fsp3) is 0.125. The standard InChI is InChI=1S/C6H3F.C2H4O2/c7-6-2-1-4-3-5(4)6;1-2(3)4/h1-3H;1H3,(H,3,4). The highest BCUT2D eigenvalue weighted by molar-refractivity contribution is 5.81. The minimum Gasteiger partial charge on any atom is -0.481 e. The highest BCUT2D eigenvalue weighted by atomic mass is 19.1. The SMILES string of the molecule is CC(=O)O.Fc1ccc2cc1-2. The molecule has 0 bridgehead atoms. The van der Waals surface area contributed by atoms with Gasteiger partial charge in [0.25, 0.3) is 5.97 Å². The molecule has 0 aromatic rings. The minimum absolute atomic E-state index is 0.0741. The first-order valence-corrected chi connectivity index (χ1v) is 3.10. The van der Waals surface area contributed by atoms with E-state index in [2.05, 4.69) is 0 Å². The second-order valence-corrected chi connectivity index (χ2v) is 2.21. The predicted octanol–water partition coefficient (Wildman–Crippen LogP) is 1.90. The molecule has 0 fully saturated rings. The summed E-state index contributed by atoms with van der Waals surface area (Å²) in [5.74, 6) is -0.907. The zero-order valence-electron chi connectivity index (χ0n) is 5.97. The lowest BCUT2D eigenvalue weighted by molar-refractivity contribution is -0.134. The molecule has 0 aromatic heterocycles. The molecule has 0 aromatic carbocycles. The number of rotatable bonds is 0. The van der Waals surface area contributed by atoms with Crippen LogP contribution in [0.4, 0.5) is 4.39 Å². The van der Waals surface area contributed by atoms with Crippen molar-refractivity contribution < 1.29 is 14.3 Å². The van der Waals surface area contributed by atoms with Gasteiger partial charge in [0.1, 0.15) is 5.82 Å². The number of fused-ring (bicyclic) bond motifs is 1. The molecule has 11 heavy (non-hydrogen) atoms. The maximum Gasteiger partial charge on any atom is 0.300 e. The Bertz CT molecular complexity index is 290. The molecule has 0 aliphatic heterocycles. The van der Waals surface area contributed by atoms with E-state index in [1.807, 2.05) is 6.07 Å². The first-order chi connectivity index (χ1) is 5.11. The van der Waals surface area contributed by atoms with Gasteiger partial charge in [-0.1, -0.05) is 6.07 Å². The predicted molar refractivity (Wildman–Crippen MR) is 38.7 cm³/mol. The van der Waals surface area contributed by atoms with Gasteiger partial charge in [-0.2, -0.15) is 0 Å². The molecule has 0 heterocycles. The fourth-order valence-electron chi connectivity index (χ4n) is 0.717. The average molecular weight is 154 g/mol. The van der Waals surface area contributed by atoms with Gasteiger partial charge in [0.2, 0.25) is 0 Å². The Balaban J connectivity index is 0.000000134. The molecule has 58 valence electrons. The summed E-state index contributed by atoms with van der Waals surface area (Å²) in [4.78, 5) is 9.00. The Hall–Kier alpha value is -1.38. The molecule has 2 aliphatic carbocycles. The van der Waals surface area contributed by atoms with Crippen LogP contribution in [0, 0.1) is 5.82 Å². The van der Waals surface area contributed by atoms with Crippen LogP contribution in [-0.4, -0.2) is 11.1 Å². The van der Waals surface area contributed by atoms with Crippen LogP contribution in [0.15, 0.2) is 18.2 Å². The number of hydrogen-bond acceptors (Lipinski definition) is 1. The number of hydrogen-bond donors (Lipinski definition) is 1. The lowest BCUT2D eigenvalue weighted by Gasteiger charge is -1.66. The number of carbonyl (C=O) groups is 1. The van der Waals surface area contributed by atoms with Gasteiger partial charge in [-0.05, 0) is 17.7 Å². The lowest BCUT2D eigenvalue weighted by Crippen LogP contribution is -1.78. The number of halogens is 1. The summed E-state index contributed by atoms with van der Waals surface area (Å²) < 4.78 is 12.1. The van der Waals surface area contributed by atoms with E-state index >= 15 is 0 Å². The van der Waals surface area contributed by atoms with Crippen molar-refractivity contribution in [2.45, 2.75) is 6.92 Å². The molecule has 2 aliphatic rings. The van der Waals surface area contributed by atoms with Gasteiger partial charge < -0.3 is 5.11 Å². The van der Waals surface area contributed by atoms with Crippen LogP contribution < -0.4 is 0 Å². The average Bonchev–Trinajstić information content (AvgIpc) is 2.54. The Labute approximate surface area is 63.3 Å². The summed E-state index contributed by atoms with van der Waals surface area (Å²) in [6.45, 7) is 1.08. The van der Waals surface area contributed by atoms with E-state index in [0.29, 0.717) is 0 Å². The van der Waals surface area contributed by atoms with Gasteiger partial charge in [0, 0.05) is 12.5 Å². The van der Waals surface area contributed by atoms with Crippen molar-refractivity contribution in [3.05, 3.63) is 24.0 Å². The zero-order chi connectivity index (χ0) is 8.43. The summed E-state index contributed by atoms with van der Waals surface area (Å²) >= 11 is 0. The Morgan fingerprint density at radius 1 is 1.55 bits per heavy atom. The fourth-order valence-corrected chi connectivity index (χ4v) is 0.717. The normalized spacial score (nSPS) is 9.64. The van der Waals surface area contributed by atoms with E-state index in [0.717, 1.165) is 18.1 Å². The van der Waals surface area contributed by atoms with Gasteiger partial charge in [0.15, 0.2) is 0 Å². The number of carboxylic acid groups (broad SMARTS) is 1. The molecular formula is C8H7FO2. The summed E-state index contributed by atoms with van der Waals surface area (Å²) in [6, 6.07) is 5.10. The van der Waals surface area contributed by atoms with Crippen LogP contribution in [0.3, 0.4) is 0 Å². The van der Waals surface area contributed by atoms with Crippen LogP contribution in [0.2, 0.25) is 0 Å². The molecule has 0 radical (unpaired) electrons. The summed E-state index contributed by atoms with van der Waals surface area (Å²) in [5.41, 5.74) is 1.87. The van der Waals surface area contributed by atoms with Crippen LogP contribution in [0.1, 0.15) is 6.92 Å². The van der Waals surface area contributed by atoms with E-state index in [1.165, 1.54) is 6.07 Å². The van der Waals surface area contributed by atoms with Gasteiger partial charge in [-0.3, -0.25) is 4.79 Å². The van der Waals surface area contributed by atoms with E-state index in [4.69, 9.17) is 9.90 Å². The molecule has 0 saturated carbocycles. The molecular weight excluding hydrogens is 147 g/mol. The van der Waals surface area contributed by atoms with Crippen molar-refractivity contribution in [1.29, 1.82) is 0 Å². The monoisotopic (exact) mass is 154 g/mol. The number of aliphatic carboxylic acids is 1. The molecule has 0 atom stereocenters. The van der Waals surface area contributed by atoms with Crippen molar-refractivity contribution >= 4 is 5.97 Å². The third kappa shape index (κ3) is 2.04. The van der Waals surface area contributed by atoms with Crippen LogP contribution >= 0.6 is 0 Å². The quantitative estimate of drug-likeness (QED) is 0.629. The third-order valence-corrected chi connectivity index (χ3v) is 1.19. The van der Waals surface area contributed by atoms with Crippen molar-refractivity contribution in [3.63, 3.8) is 0 Å². The van der Waals surface area contributed by atoms with E-state index in [-0.39, 0.29) is 5.82 Å². The second kappa shape index (κ2) is 2.70. The molecule has 2 nitrogen and oxygen atoms in total. The summed E-state index contributed by atoms with van der Waals surface area (Å²) in [6.07, 6.45) is 0. The van der Waals surface area contributed by atoms with Gasteiger partial charge in [-0.25, -0.2) is 4.39 Å². The molecule has 3 heteroatoms. The van der Waals surface area contributed by atoms with Gasteiger partial charge >= 0.3 is 0 Å². The zero-order valence-corrected chi connectivity index (χ0v) is 5.97. The van der Waals surface area contributed by atoms with Crippen LogP contribution in [0.5, 0.6) is 0 Å². The van der Waals surface area contributed by atoms with Crippen LogP contribution in [-0.2, 0) is 4.79 Å². The summed E-state index contributed by atoms with van der Waals surface area (Å²) in [5, 5.41) is 7.42. The smallest absolute Gasteiger partial charge is 0.300 e. The second-order valence-electron chi connectivity index (χ2n) is 2.21. The summed E-state index contributed by atoms with van der Waals surface area (Å²) in [7, 11) is 0. The maximum atomic E-state index is 12.1. The van der Waals surface area contributed by atoms with Gasteiger partial charge in [0.05, 0.1) is 0 Å². The molecule has 0 amide bonds. The lowest BCUT2D eigenvalue weighted by atomic mass is 10.5. The molecule has 0 saturated heterocycles. The Morgan fingerprint density at radius 3 is 2.18 bits per heavy atom. The highest BCUT2D eigenvalue weighted by Gasteiger charge is 2.15. The van der Waals surface area contributed by atoms with Crippen molar-refractivity contribution in [3.8, 4) is 11.1 Å². The van der Waals surface area contributed by atoms with Crippen LogP contribution in [0.25, 0.3) is 11.1 Å². The Kier molecular flexibility index (Phi) is 1.89. The van der Waals surface area contributed by atoms with Crippen molar-refractivity contribution in [2.75, 3.05) is 0 Å². The van der Waals surface area contributed by atoms with E-state index in [9.17, 15) is 4.39 Å². The molecule has 0 spiro atoms.